The van der Waals surface area contributed by atoms with Crippen molar-refractivity contribution >= 4 is 11.4 Å². The van der Waals surface area contributed by atoms with Crippen LogP contribution in [-0.2, 0) is 0 Å². The lowest BCUT2D eigenvalue weighted by Gasteiger charge is -2.20. The molecule has 1 unspecified atom stereocenters. The fraction of sp³-hybridized carbons (Fsp3) is 0.333. The Morgan fingerprint density at radius 3 is 2.33 bits per heavy atom. The summed E-state index contributed by atoms with van der Waals surface area (Å²) in [6.07, 6.45) is 0. The molecule has 0 bridgehead atoms. The van der Waals surface area contributed by atoms with E-state index in [1.54, 1.807) is 6.07 Å². The van der Waals surface area contributed by atoms with Gasteiger partial charge in [-0.1, -0.05) is 12.1 Å². The molecule has 0 fully saturated rings. The van der Waals surface area contributed by atoms with Gasteiger partial charge in [0.1, 0.15) is 5.75 Å². The van der Waals surface area contributed by atoms with E-state index >= 15 is 0 Å². The average Bonchev–Trinajstić information content (AvgIpc) is 2.40. The molecule has 3 heteroatoms. The molecule has 2 rings (SSSR count). The predicted molar refractivity (Wildman–Crippen MR) is 90.4 cm³/mol. The van der Waals surface area contributed by atoms with Crippen LogP contribution in [0.5, 0.6) is 5.75 Å². The lowest BCUT2D eigenvalue weighted by atomic mass is 10.0. The SMILES string of the molecule is Cc1ccc(C(C)Nc2ccc(N(C)C)cc2C)c(O)c1. The number of nitrogens with one attached hydrogen (secondary N) is 1. The molecule has 0 amide bonds. The van der Waals surface area contributed by atoms with Gasteiger partial charge in [0, 0.05) is 31.0 Å². The Hall–Kier alpha value is -2.16. The molecule has 0 saturated heterocycles. The number of phenolic OH excluding ortho intramolecular Hbond substituents is 1. The van der Waals surface area contributed by atoms with Crippen LogP contribution >= 0.6 is 0 Å². The lowest BCUT2D eigenvalue weighted by molar-refractivity contribution is 0.465. The summed E-state index contributed by atoms with van der Waals surface area (Å²) in [5.41, 5.74) is 5.45. The summed E-state index contributed by atoms with van der Waals surface area (Å²) in [7, 11) is 4.07. The Kier molecular flexibility index (Phi) is 4.41. The second kappa shape index (κ2) is 6.08. The third kappa shape index (κ3) is 3.48. The molecular weight excluding hydrogens is 260 g/mol. The molecule has 0 heterocycles. The van der Waals surface area contributed by atoms with Crippen LogP contribution in [0.4, 0.5) is 11.4 Å². The Labute approximate surface area is 127 Å². The summed E-state index contributed by atoms with van der Waals surface area (Å²) in [5.74, 6) is 0.345. The quantitative estimate of drug-likeness (QED) is 0.881. The van der Waals surface area contributed by atoms with Crippen LogP contribution in [-0.4, -0.2) is 19.2 Å². The third-order valence-electron chi connectivity index (χ3n) is 3.75. The number of hydrogen-bond acceptors (Lipinski definition) is 3. The fourth-order valence-electron chi connectivity index (χ4n) is 2.42. The highest BCUT2D eigenvalue weighted by molar-refractivity contribution is 5.60. The monoisotopic (exact) mass is 284 g/mol. The van der Waals surface area contributed by atoms with Gasteiger partial charge in [-0.3, -0.25) is 0 Å². The Morgan fingerprint density at radius 1 is 1.05 bits per heavy atom. The standard InChI is InChI=1S/C18H24N2O/c1-12-6-8-16(18(21)10-12)14(3)19-17-9-7-15(20(4)5)11-13(17)2/h6-11,14,19,21H,1-5H3. The fourth-order valence-corrected chi connectivity index (χ4v) is 2.42. The molecule has 0 spiro atoms. The van der Waals surface area contributed by atoms with Gasteiger partial charge in [-0.05, 0) is 56.2 Å². The maximum atomic E-state index is 10.1. The van der Waals surface area contributed by atoms with Gasteiger partial charge in [-0.25, -0.2) is 0 Å². The maximum Gasteiger partial charge on any atom is 0.121 e. The Morgan fingerprint density at radius 2 is 1.76 bits per heavy atom. The number of phenols is 1. The van der Waals surface area contributed by atoms with Crippen LogP contribution in [0.2, 0.25) is 0 Å². The average molecular weight is 284 g/mol. The number of aryl methyl sites for hydroxylation is 2. The van der Waals surface area contributed by atoms with Crippen molar-refractivity contribution in [1.82, 2.24) is 0 Å². The van der Waals surface area contributed by atoms with Gasteiger partial charge in [0.25, 0.3) is 0 Å². The normalized spacial score (nSPS) is 12.0. The first-order chi connectivity index (χ1) is 9.88. The van der Waals surface area contributed by atoms with Crippen molar-refractivity contribution in [2.75, 3.05) is 24.3 Å². The molecule has 0 aliphatic rings. The molecule has 0 aromatic heterocycles. The van der Waals surface area contributed by atoms with Gasteiger partial charge in [0.15, 0.2) is 0 Å². The molecule has 2 N–H and O–H groups in total. The molecule has 1 atom stereocenters. The van der Waals surface area contributed by atoms with Crippen LogP contribution < -0.4 is 10.2 Å². The molecule has 2 aromatic rings. The third-order valence-corrected chi connectivity index (χ3v) is 3.75. The second-order valence-corrected chi connectivity index (χ2v) is 5.82. The van der Waals surface area contributed by atoms with Gasteiger partial charge in [0.2, 0.25) is 0 Å². The zero-order chi connectivity index (χ0) is 15.6. The molecule has 0 saturated carbocycles. The maximum absolute atomic E-state index is 10.1. The van der Waals surface area contributed by atoms with Crippen LogP contribution in [0.3, 0.4) is 0 Å². The first-order valence-electron chi connectivity index (χ1n) is 7.22. The highest BCUT2D eigenvalue weighted by Crippen LogP contribution is 2.30. The molecule has 0 aliphatic heterocycles. The van der Waals surface area contributed by atoms with Gasteiger partial charge in [-0.2, -0.15) is 0 Å². The van der Waals surface area contributed by atoms with Crippen molar-refractivity contribution in [2.24, 2.45) is 0 Å². The van der Waals surface area contributed by atoms with E-state index in [1.165, 1.54) is 11.3 Å². The summed E-state index contributed by atoms with van der Waals surface area (Å²) < 4.78 is 0. The first kappa shape index (κ1) is 15.2. The highest BCUT2D eigenvalue weighted by Gasteiger charge is 2.11. The van der Waals surface area contributed by atoms with E-state index in [-0.39, 0.29) is 6.04 Å². The van der Waals surface area contributed by atoms with Gasteiger partial charge in [0.05, 0.1) is 6.04 Å². The van der Waals surface area contributed by atoms with Gasteiger partial charge < -0.3 is 15.3 Å². The van der Waals surface area contributed by atoms with E-state index < -0.39 is 0 Å². The van der Waals surface area contributed by atoms with E-state index in [9.17, 15) is 5.11 Å². The summed E-state index contributed by atoms with van der Waals surface area (Å²) in [6.45, 7) is 6.13. The Balaban J connectivity index is 2.21. The van der Waals surface area contributed by atoms with Crippen molar-refractivity contribution < 1.29 is 5.11 Å². The number of benzene rings is 2. The summed E-state index contributed by atoms with van der Waals surface area (Å²) >= 11 is 0. The minimum absolute atomic E-state index is 0.0505. The number of nitrogens with zero attached hydrogens (tertiary/aromatic N) is 1. The van der Waals surface area contributed by atoms with E-state index in [1.807, 2.05) is 33.2 Å². The molecule has 3 nitrogen and oxygen atoms in total. The molecule has 0 aliphatic carbocycles. The zero-order valence-electron chi connectivity index (χ0n) is 13.4. The van der Waals surface area contributed by atoms with Crippen LogP contribution in [0.25, 0.3) is 0 Å². The van der Waals surface area contributed by atoms with Crippen LogP contribution in [0.15, 0.2) is 36.4 Å². The van der Waals surface area contributed by atoms with Crippen LogP contribution in [0.1, 0.15) is 29.7 Å². The molecular formula is C18H24N2O. The Bertz CT molecular complexity index is 635. The number of hydrogen-bond donors (Lipinski definition) is 2. The van der Waals surface area contributed by atoms with E-state index in [0.717, 1.165) is 16.8 Å². The minimum Gasteiger partial charge on any atom is -0.508 e. The largest absolute Gasteiger partial charge is 0.508 e. The van der Waals surface area contributed by atoms with E-state index in [2.05, 4.69) is 42.3 Å². The summed E-state index contributed by atoms with van der Waals surface area (Å²) in [5, 5.41) is 13.6. The van der Waals surface area contributed by atoms with Crippen LogP contribution in [0, 0.1) is 13.8 Å². The van der Waals surface area contributed by atoms with Crippen molar-refractivity contribution in [3.05, 3.63) is 53.1 Å². The molecule has 2 aromatic carbocycles. The van der Waals surface area contributed by atoms with E-state index in [0.29, 0.717) is 5.75 Å². The van der Waals surface area contributed by atoms with Crippen molar-refractivity contribution in [1.29, 1.82) is 0 Å². The lowest BCUT2D eigenvalue weighted by Crippen LogP contribution is -2.11. The number of rotatable bonds is 4. The number of aromatic hydroxyl groups is 1. The molecule has 21 heavy (non-hydrogen) atoms. The topological polar surface area (TPSA) is 35.5 Å². The first-order valence-corrected chi connectivity index (χ1v) is 7.22. The van der Waals surface area contributed by atoms with Gasteiger partial charge in [-0.15, -0.1) is 0 Å². The van der Waals surface area contributed by atoms with E-state index in [4.69, 9.17) is 0 Å². The van der Waals surface area contributed by atoms with Crippen molar-refractivity contribution in [3.63, 3.8) is 0 Å². The smallest absolute Gasteiger partial charge is 0.121 e. The second-order valence-electron chi connectivity index (χ2n) is 5.82. The number of anilines is 2. The van der Waals surface area contributed by atoms with Crippen molar-refractivity contribution in [3.8, 4) is 5.75 Å². The highest BCUT2D eigenvalue weighted by atomic mass is 16.3. The minimum atomic E-state index is 0.0505. The summed E-state index contributed by atoms with van der Waals surface area (Å²) in [4.78, 5) is 2.09. The molecule has 0 radical (unpaired) electrons. The van der Waals surface area contributed by atoms with Crippen molar-refractivity contribution in [2.45, 2.75) is 26.8 Å². The summed E-state index contributed by atoms with van der Waals surface area (Å²) in [6, 6.07) is 12.2. The zero-order valence-corrected chi connectivity index (χ0v) is 13.4. The predicted octanol–water partition coefficient (Wildman–Crippen LogP) is 4.25. The van der Waals surface area contributed by atoms with Gasteiger partial charge >= 0.3 is 0 Å². The molecule has 112 valence electrons.